The molecule has 1 aliphatic rings. The smallest absolute Gasteiger partial charge is 0.166 e. The number of benzene rings is 1. The third-order valence-electron chi connectivity index (χ3n) is 2.92. The second-order valence-corrected chi connectivity index (χ2v) is 4.25. The van der Waals surface area contributed by atoms with E-state index < -0.39 is 24.5 Å². The second-order valence-electron chi connectivity index (χ2n) is 4.25. The van der Waals surface area contributed by atoms with Gasteiger partial charge < -0.3 is 19.7 Å². The molecule has 1 aliphatic heterocycles. The van der Waals surface area contributed by atoms with Crippen molar-refractivity contribution >= 4 is 0 Å². The van der Waals surface area contributed by atoms with Crippen LogP contribution in [0.1, 0.15) is 5.56 Å². The Balaban J connectivity index is 1.82. The van der Waals surface area contributed by atoms with E-state index in [0.29, 0.717) is 6.61 Å². The van der Waals surface area contributed by atoms with Gasteiger partial charge in [0.2, 0.25) is 0 Å². The van der Waals surface area contributed by atoms with Crippen molar-refractivity contribution in [3.8, 4) is 0 Å². The van der Waals surface area contributed by atoms with Crippen LogP contribution in [0, 0.1) is 0 Å². The van der Waals surface area contributed by atoms with E-state index in [2.05, 4.69) is 10.0 Å². The first-order chi connectivity index (χ1) is 9.22. The molecule has 1 heterocycles. The molecule has 7 heteroatoms. The predicted octanol–water partition coefficient (Wildman–Crippen LogP) is 0.960. The minimum absolute atomic E-state index is 0.116. The summed E-state index contributed by atoms with van der Waals surface area (Å²) in [5, 5.41) is 22.6. The Morgan fingerprint density at radius 2 is 2.05 bits per heavy atom. The number of nitrogens with zero attached hydrogens (tertiary/aromatic N) is 3. The van der Waals surface area contributed by atoms with Crippen LogP contribution in [0.5, 0.6) is 0 Å². The quantitative estimate of drug-likeness (QED) is 0.469. The fourth-order valence-corrected chi connectivity index (χ4v) is 1.92. The molecule has 1 fully saturated rings. The molecule has 0 aromatic heterocycles. The molecule has 2 unspecified atom stereocenters. The Labute approximate surface area is 110 Å². The molecule has 0 amide bonds. The molecule has 0 bridgehead atoms. The minimum atomic E-state index is -1.30. The summed E-state index contributed by atoms with van der Waals surface area (Å²) in [4.78, 5) is 2.57. The van der Waals surface area contributed by atoms with Crippen molar-refractivity contribution in [2.24, 2.45) is 5.11 Å². The zero-order chi connectivity index (χ0) is 13.7. The summed E-state index contributed by atoms with van der Waals surface area (Å²) < 4.78 is 10.5. The van der Waals surface area contributed by atoms with Crippen molar-refractivity contribution in [1.82, 2.24) is 0 Å². The summed E-state index contributed by atoms with van der Waals surface area (Å²) in [6.07, 6.45) is -3.06. The number of rotatable bonds is 5. The molecule has 1 aromatic carbocycles. The average molecular weight is 265 g/mol. The maximum atomic E-state index is 9.82. The van der Waals surface area contributed by atoms with Gasteiger partial charge in [0, 0.05) is 4.91 Å². The zero-order valence-electron chi connectivity index (χ0n) is 10.2. The lowest BCUT2D eigenvalue weighted by Crippen LogP contribution is -2.33. The van der Waals surface area contributed by atoms with E-state index in [1.165, 1.54) is 0 Å². The molecule has 0 spiro atoms. The molecule has 4 atom stereocenters. The highest BCUT2D eigenvalue weighted by Crippen LogP contribution is 2.23. The number of aliphatic hydroxyl groups is 2. The molecular weight excluding hydrogens is 250 g/mol. The Morgan fingerprint density at radius 1 is 1.32 bits per heavy atom. The van der Waals surface area contributed by atoms with Crippen molar-refractivity contribution in [3.63, 3.8) is 0 Å². The molecule has 102 valence electrons. The van der Waals surface area contributed by atoms with Gasteiger partial charge in [-0.05, 0) is 11.1 Å². The maximum absolute atomic E-state index is 9.82. The van der Waals surface area contributed by atoms with E-state index in [1.807, 2.05) is 30.3 Å². The van der Waals surface area contributed by atoms with Gasteiger partial charge in [-0.25, -0.2) is 0 Å². The third kappa shape index (κ3) is 3.44. The molecule has 0 aliphatic carbocycles. The Morgan fingerprint density at radius 3 is 2.74 bits per heavy atom. The molecule has 0 saturated carbocycles. The monoisotopic (exact) mass is 265 g/mol. The van der Waals surface area contributed by atoms with Gasteiger partial charge in [0.1, 0.15) is 12.1 Å². The first-order valence-electron chi connectivity index (χ1n) is 5.90. The van der Waals surface area contributed by atoms with E-state index in [-0.39, 0.29) is 6.61 Å². The normalized spacial score (nSPS) is 30.0. The number of hydrogen-bond donors (Lipinski definition) is 2. The van der Waals surface area contributed by atoms with Gasteiger partial charge in [-0.15, -0.1) is 0 Å². The zero-order valence-corrected chi connectivity index (χ0v) is 10.2. The van der Waals surface area contributed by atoms with Crippen LogP contribution in [0.25, 0.3) is 10.4 Å². The Kier molecular flexibility index (Phi) is 4.73. The SMILES string of the molecule is [N-]=[N+]=N[C@@H]1C(O)O[C@H](COCc2ccccc2)C1O. The van der Waals surface area contributed by atoms with Crippen LogP contribution in [0.3, 0.4) is 0 Å². The van der Waals surface area contributed by atoms with E-state index in [4.69, 9.17) is 15.0 Å². The van der Waals surface area contributed by atoms with Crippen LogP contribution in [-0.2, 0) is 16.1 Å². The van der Waals surface area contributed by atoms with Gasteiger partial charge in [-0.3, -0.25) is 0 Å². The van der Waals surface area contributed by atoms with Crippen molar-refractivity contribution in [3.05, 3.63) is 46.3 Å². The van der Waals surface area contributed by atoms with Gasteiger partial charge >= 0.3 is 0 Å². The Hall–Kier alpha value is -1.63. The molecule has 19 heavy (non-hydrogen) atoms. The number of ether oxygens (including phenoxy) is 2. The van der Waals surface area contributed by atoms with Crippen molar-refractivity contribution in [2.75, 3.05) is 6.61 Å². The van der Waals surface area contributed by atoms with E-state index in [1.54, 1.807) is 0 Å². The first-order valence-corrected chi connectivity index (χ1v) is 5.90. The van der Waals surface area contributed by atoms with Crippen LogP contribution in [-0.4, -0.2) is 41.4 Å². The first kappa shape index (κ1) is 13.8. The van der Waals surface area contributed by atoms with Crippen molar-refractivity contribution < 1.29 is 19.7 Å². The molecule has 2 N–H and O–H groups in total. The lowest BCUT2D eigenvalue weighted by molar-refractivity contribution is -0.119. The molecule has 1 aromatic rings. The van der Waals surface area contributed by atoms with Gasteiger partial charge in [0.25, 0.3) is 0 Å². The molecule has 2 rings (SSSR count). The second kappa shape index (κ2) is 6.51. The van der Waals surface area contributed by atoms with Crippen LogP contribution in [0.15, 0.2) is 35.4 Å². The highest BCUT2D eigenvalue weighted by molar-refractivity contribution is 5.13. The number of hydrogen-bond acceptors (Lipinski definition) is 5. The van der Waals surface area contributed by atoms with E-state index >= 15 is 0 Å². The molecule has 0 radical (unpaired) electrons. The van der Waals surface area contributed by atoms with Crippen molar-refractivity contribution in [1.29, 1.82) is 0 Å². The average Bonchev–Trinajstić information content (AvgIpc) is 2.68. The van der Waals surface area contributed by atoms with Gasteiger partial charge in [-0.1, -0.05) is 35.4 Å². The van der Waals surface area contributed by atoms with Crippen LogP contribution >= 0.6 is 0 Å². The molecular formula is C12H15N3O4. The lowest BCUT2D eigenvalue weighted by atomic mass is 10.1. The number of aliphatic hydroxyl groups excluding tert-OH is 2. The fraction of sp³-hybridized carbons (Fsp3) is 0.500. The standard InChI is InChI=1S/C12H15N3O4/c13-15-14-10-11(16)9(19-12(10)17)7-18-6-8-4-2-1-3-5-8/h1-5,9-12,16-17H,6-7H2/t9-,10+,11?,12?/m1/s1. The largest absolute Gasteiger partial charge is 0.390 e. The van der Waals surface area contributed by atoms with Crippen LogP contribution in [0.2, 0.25) is 0 Å². The minimum Gasteiger partial charge on any atom is -0.390 e. The number of azide groups is 1. The van der Waals surface area contributed by atoms with Crippen molar-refractivity contribution in [2.45, 2.75) is 31.1 Å². The fourth-order valence-electron chi connectivity index (χ4n) is 1.92. The molecule has 7 nitrogen and oxygen atoms in total. The third-order valence-corrected chi connectivity index (χ3v) is 2.92. The summed E-state index contributed by atoms with van der Waals surface area (Å²) in [6, 6.07) is 8.57. The summed E-state index contributed by atoms with van der Waals surface area (Å²) in [5.74, 6) is 0. The van der Waals surface area contributed by atoms with E-state index in [0.717, 1.165) is 5.56 Å². The van der Waals surface area contributed by atoms with Gasteiger partial charge in [0.15, 0.2) is 6.29 Å². The predicted molar refractivity (Wildman–Crippen MR) is 65.9 cm³/mol. The van der Waals surface area contributed by atoms with Gasteiger partial charge in [0.05, 0.1) is 19.3 Å². The molecule has 1 saturated heterocycles. The Bertz CT molecular complexity index is 450. The van der Waals surface area contributed by atoms with Crippen LogP contribution in [0.4, 0.5) is 0 Å². The summed E-state index contributed by atoms with van der Waals surface area (Å²) in [6.45, 7) is 0.500. The summed E-state index contributed by atoms with van der Waals surface area (Å²) in [7, 11) is 0. The van der Waals surface area contributed by atoms with Gasteiger partial charge in [-0.2, -0.15) is 0 Å². The lowest BCUT2D eigenvalue weighted by Gasteiger charge is -2.14. The van der Waals surface area contributed by atoms with Crippen LogP contribution < -0.4 is 0 Å². The highest BCUT2D eigenvalue weighted by atomic mass is 16.6. The van der Waals surface area contributed by atoms with E-state index in [9.17, 15) is 10.2 Å². The maximum Gasteiger partial charge on any atom is 0.166 e. The summed E-state index contributed by atoms with van der Waals surface area (Å²) >= 11 is 0. The summed E-state index contributed by atoms with van der Waals surface area (Å²) in [5.41, 5.74) is 9.32. The topological polar surface area (TPSA) is 108 Å². The highest BCUT2D eigenvalue weighted by Gasteiger charge is 2.42.